The van der Waals surface area contributed by atoms with Gasteiger partial charge in [-0.1, -0.05) is 182 Å². The number of hydrogen-bond donors (Lipinski definition) is 2. The van der Waals surface area contributed by atoms with E-state index < -0.39 is 5.41 Å². The van der Waals surface area contributed by atoms with Crippen LogP contribution in [-0.2, 0) is 5.41 Å². The van der Waals surface area contributed by atoms with Crippen molar-refractivity contribution in [3.05, 3.63) is 288 Å². The van der Waals surface area contributed by atoms with Crippen molar-refractivity contribution in [3.63, 3.8) is 0 Å². The minimum Gasteiger partial charge on any atom is -0.354 e. The maximum Gasteiger partial charge on any atom is 0.0726 e. The van der Waals surface area contributed by atoms with E-state index in [9.17, 15) is 0 Å². The highest BCUT2D eigenvalue weighted by atomic mass is 15.3. The third-order valence-electron chi connectivity index (χ3n) is 14.8. The number of nitrogens with one attached hydrogen (secondary N) is 2. The van der Waals surface area contributed by atoms with Gasteiger partial charge in [0.05, 0.1) is 39.5 Å². The molecule has 14 rings (SSSR count). The van der Waals surface area contributed by atoms with Crippen molar-refractivity contribution >= 4 is 79.8 Å². The zero-order valence-corrected chi connectivity index (χ0v) is 38.8. The van der Waals surface area contributed by atoms with Gasteiger partial charge in [0, 0.05) is 28.1 Å². The van der Waals surface area contributed by atoms with Crippen molar-refractivity contribution in [1.82, 2.24) is 0 Å². The SMILES string of the molecule is C(=C\c1cccc2c(Nc3ccccc3Nc3ccccc3)cccc12)/c1ccc2c(c1)C1(c3ccccc3-c3ccccc31)c1cc(N3c4ccccc4N(c4ccccc4)c4ccccc43)ccc1-2. The molecular formula is C67H46N4. The molecular weight excluding hydrogens is 861 g/mol. The van der Waals surface area contributed by atoms with Crippen LogP contribution in [-0.4, -0.2) is 0 Å². The normalized spacial score (nSPS) is 13.4. The summed E-state index contributed by atoms with van der Waals surface area (Å²) in [4.78, 5) is 4.86. The Labute approximate surface area is 414 Å². The average molecular weight is 907 g/mol. The van der Waals surface area contributed by atoms with E-state index in [2.05, 4.69) is 281 Å². The van der Waals surface area contributed by atoms with Gasteiger partial charge >= 0.3 is 0 Å². The minimum atomic E-state index is -0.533. The Morgan fingerprint density at radius 3 is 1.48 bits per heavy atom. The van der Waals surface area contributed by atoms with Crippen molar-refractivity contribution in [2.24, 2.45) is 0 Å². The van der Waals surface area contributed by atoms with E-state index in [4.69, 9.17) is 0 Å². The summed E-state index contributed by atoms with van der Waals surface area (Å²) in [5.74, 6) is 0. The first kappa shape index (κ1) is 40.7. The predicted octanol–water partition coefficient (Wildman–Crippen LogP) is 18.1. The van der Waals surface area contributed by atoms with Crippen LogP contribution in [0.5, 0.6) is 0 Å². The molecule has 1 heterocycles. The monoisotopic (exact) mass is 906 g/mol. The largest absolute Gasteiger partial charge is 0.354 e. The van der Waals surface area contributed by atoms with Gasteiger partial charge in [-0.2, -0.15) is 0 Å². The Morgan fingerprint density at radius 2 is 0.803 bits per heavy atom. The van der Waals surface area contributed by atoms with Gasteiger partial charge in [0.1, 0.15) is 0 Å². The molecule has 2 aliphatic carbocycles. The van der Waals surface area contributed by atoms with E-state index in [1.54, 1.807) is 0 Å². The fraction of sp³-hybridized carbons (Fsp3) is 0.0149. The molecule has 4 heteroatoms. The summed E-state index contributed by atoms with van der Waals surface area (Å²) in [5, 5.41) is 9.71. The number of benzene rings is 11. The van der Waals surface area contributed by atoms with Crippen molar-refractivity contribution in [2.45, 2.75) is 5.41 Å². The summed E-state index contributed by atoms with van der Waals surface area (Å²) in [6, 6.07) is 92.6. The summed E-state index contributed by atoms with van der Waals surface area (Å²) in [6.07, 6.45) is 4.58. The molecule has 11 aromatic rings. The Balaban J connectivity index is 0.884. The van der Waals surface area contributed by atoms with Gasteiger partial charge in [-0.05, 0) is 146 Å². The number of hydrogen-bond acceptors (Lipinski definition) is 4. The topological polar surface area (TPSA) is 30.5 Å². The van der Waals surface area contributed by atoms with Crippen LogP contribution in [0.15, 0.2) is 255 Å². The van der Waals surface area contributed by atoms with Gasteiger partial charge in [0.2, 0.25) is 0 Å². The molecule has 0 fully saturated rings. The van der Waals surface area contributed by atoms with Crippen LogP contribution in [0.1, 0.15) is 33.4 Å². The van der Waals surface area contributed by atoms with E-state index >= 15 is 0 Å². The van der Waals surface area contributed by atoms with Crippen LogP contribution in [0.25, 0.3) is 45.2 Å². The number of fused-ring (bicyclic) bond motifs is 13. The van der Waals surface area contributed by atoms with E-state index in [1.165, 1.54) is 49.9 Å². The average Bonchev–Trinajstić information content (AvgIpc) is 3.91. The highest BCUT2D eigenvalue weighted by Crippen LogP contribution is 2.64. The number of anilines is 10. The van der Waals surface area contributed by atoms with Gasteiger partial charge in [0.25, 0.3) is 0 Å². The molecule has 0 bridgehead atoms. The van der Waals surface area contributed by atoms with Crippen LogP contribution in [0.4, 0.5) is 56.9 Å². The van der Waals surface area contributed by atoms with E-state index in [0.29, 0.717) is 0 Å². The summed E-state index contributed by atoms with van der Waals surface area (Å²) >= 11 is 0. The Kier molecular flexibility index (Phi) is 9.39. The van der Waals surface area contributed by atoms with Crippen molar-refractivity contribution in [1.29, 1.82) is 0 Å². The first-order valence-corrected chi connectivity index (χ1v) is 24.4. The predicted molar refractivity (Wildman–Crippen MR) is 298 cm³/mol. The lowest BCUT2D eigenvalue weighted by atomic mass is 9.70. The molecule has 1 spiro atoms. The summed E-state index contributed by atoms with van der Waals surface area (Å²) < 4.78 is 0. The van der Waals surface area contributed by atoms with Gasteiger partial charge in [-0.3, -0.25) is 0 Å². The molecule has 0 amide bonds. The van der Waals surface area contributed by atoms with E-state index in [0.717, 1.165) is 73.4 Å². The third kappa shape index (κ3) is 6.39. The molecule has 1 aliphatic heterocycles. The van der Waals surface area contributed by atoms with Gasteiger partial charge < -0.3 is 20.4 Å². The van der Waals surface area contributed by atoms with Crippen molar-refractivity contribution in [3.8, 4) is 22.3 Å². The third-order valence-corrected chi connectivity index (χ3v) is 14.8. The van der Waals surface area contributed by atoms with Crippen molar-refractivity contribution < 1.29 is 0 Å². The molecule has 0 aromatic heterocycles. The number of para-hydroxylation sites is 8. The zero-order valence-electron chi connectivity index (χ0n) is 38.8. The first-order chi connectivity index (χ1) is 35.2. The molecule has 334 valence electrons. The van der Waals surface area contributed by atoms with Crippen LogP contribution in [0.3, 0.4) is 0 Å². The molecule has 4 nitrogen and oxygen atoms in total. The highest BCUT2D eigenvalue weighted by molar-refractivity contribution is 6.04. The molecule has 71 heavy (non-hydrogen) atoms. The molecule has 2 N–H and O–H groups in total. The fourth-order valence-electron chi connectivity index (χ4n) is 11.8. The van der Waals surface area contributed by atoms with Gasteiger partial charge in [-0.25, -0.2) is 0 Å². The lowest BCUT2D eigenvalue weighted by molar-refractivity contribution is 0.793. The van der Waals surface area contributed by atoms with Crippen LogP contribution < -0.4 is 20.4 Å². The second-order valence-electron chi connectivity index (χ2n) is 18.6. The molecule has 0 atom stereocenters. The van der Waals surface area contributed by atoms with Crippen LogP contribution >= 0.6 is 0 Å². The lowest BCUT2D eigenvalue weighted by Gasteiger charge is -2.40. The first-order valence-electron chi connectivity index (χ1n) is 24.4. The Morgan fingerprint density at radius 1 is 0.310 bits per heavy atom. The fourth-order valence-corrected chi connectivity index (χ4v) is 11.8. The second-order valence-corrected chi connectivity index (χ2v) is 18.6. The standard InChI is InChI=1S/C67H46N4/c1-3-20-47(21-4-1)68-61-30-11-12-31-62(61)69-60-32-18-26-50-46(19-17-27-55(50)60)39-37-45-38-41-53-54-42-40-49(44-59(54)67(58(53)43-45)56-28-9-7-24-51(56)52-25-8-10-29-57(52)67)71-65-35-15-13-33-63(65)70(48-22-5-2-6-23-48)64-34-14-16-36-66(64)71/h1-44,68-69H/b39-37+. The lowest BCUT2D eigenvalue weighted by Crippen LogP contribution is -2.27. The summed E-state index contributed by atoms with van der Waals surface area (Å²) in [5.41, 5.74) is 23.1. The van der Waals surface area contributed by atoms with Gasteiger partial charge in [0.15, 0.2) is 0 Å². The zero-order chi connectivity index (χ0) is 46.9. The maximum absolute atomic E-state index is 3.77. The smallest absolute Gasteiger partial charge is 0.0726 e. The van der Waals surface area contributed by atoms with E-state index in [-0.39, 0.29) is 0 Å². The quantitative estimate of drug-likeness (QED) is 0.149. The summed E-state index contributed by atoms with van der Waals surface area (Å²) in [6.45, 7) is 0. The molecule has 0 unspecified atom stereocenters. The molecule has 0 radical (unpaired) electrons. The van der Waals surface area contributed by atoms with Crippen LogP contribution in [0.2, 0.25) is 0 Å². The number of nitrogens with zero attached hydrogens (tertiary/aromatic N) is 2. The summed E-state index contributed by atoms with van der Waals surface area (Å²) in [7, 11) is 0. The maximum atomic E-state index is 3.77. The van der Waals surface area contributed by atoms with Crippen molar-refractivity contribution in [2.75, 3.05) is 20.4 Å². The van der Waals surface area contributed by atoms with Gasteiger partial charge in [-0.15, -0.1) is 0 Å². The Hall–Kier alpha value is -9.38. The minimum absolute atomic E-state index is 0.533. The van der Waals surface area contributed by atoms with Crippen LogP contribution in [0, 0.1) is 0 Å². The molecule has 0 saturated carbocycles. The Bertz CT molecular complexity index is 3820. The highest BCUT2D eigenvalue weighted by Gasteiger charge is 2.52. The molecule has 11 aromatic carbocycles. The molecule has 0 saturated heterocycles. The second kappa shape index (κ2) is 16.4. The number of rotatable bonds is 8. The van der Waals surface area contributed by atoms with E-state index in [1.807, 2.05) is 6.07 Å². The molecule has 3 aliphatic rings.